The number of hydrogen-bond acceptors (Lipinski definition) is 4. The third-order valence-electron chi connectivity index (χ3n) is 6.04. The van der Waals surface area contributed by atoms with Crippen molar-refractivity contribution in [1.82, 2.24) is 5.32 Å². The molecule has 1 saturated heterocycles. The monoisotopic (exact) mass is 462 g/mol. The number of benzene rings is 3. The van der Waals surface area contributed by atoms with Gasteiger partial charge in [0.05, 0.1) is 18.4 Å². The van der Waals surface area contributed by atoms with Gasteiger partial charge in [-0.15, -0.1) is 0 Å². The SMILES string of the molecule is COC(=O)c1ccccc1N1CCCC(CNC(=O)c2ccc(-c3ccc(Cl)cc3)cc2)C1. The third-order valence-corrected chi connectivity index (χ3v) is 6.30. The van der Waals surface area contributed by atoms with E-state index in [-0.39, 0.29) is 11.9 Å². The summed E-state index contributed by atoms with van der Waals surface area (Å²) in [5.41, 5.74) is 4.19. The van der Waals surface area contributed by atoms with Crippen molar-refractivity contribution in [2.45, 2.75) is 12.8 Å². The summed E-state index contributed by atoms with van der Waals surface area (Å²) in [6.45, 7) is 2.25. The Morgan fingerprint density at radius 1 is 1.00 bits per heavy atom. The Morgan fingerprint density at radius 2 is 1.67 bits per heavy atom. The van der Waals surface area contributed by atoms with E-state index in [0.29, 0.717) is 28.6 Å². The topological polar surface area (TPSA) is 58.6 Å². The van der Waals surface area contributed by atoms with Crippen LogP contribution in [0.2, 0.25) is 5.02 Å². The lowest BCUT2D eigenvalue weighted by Crippen LogP contribution is -2.41. The number of amides is 1. The molecular formula is C27H27ClN2O3. The summed E-state index contributed by atoms with van der Waals surface area (Å²) in [5, 5.41) is 3.78. The summed E-state index contributed by atoms with van der Waals surface area (Å²) >= 11 is 5.96. The number of ether oxygens (including phenoxy) is 1. The van der Waals surface area contributed by atoms with Crippen LogP contribution in [0.3, 0.4) is 0 Å². The van der Waals surface area contributed by atoms with E-state index in [1.54, 1.807) is 6.07 Å². The Labute approximate surface area is 199 Å². The minimum atomic E-state index is -0.330. The van der Waals surface area contributed by atoms with E-state index in [4.69, 9.17) is 16.3 Å². The molecule has 1 unspecified atom stereocenters. The molecule has 1 N–H and O–H groups in total. The highest BCUT2D eigenvalue weighted by molar-refractivity contribution is 6.30. The molecule has 0 spiro atoms. The van der Waals surface area contributed by atoms with E-state index in [1.807, 2.05) is 66.7 Å². The Balaban J connectivity index is 1.36. The fourth-order valence-electron chi connectivity index (χ4n) is 4.28. The number of rotatable bonds is 6. The van der Waals surface area contributed by atoms with Crippen molar-refractivity contribution in [3.05, 3.63) is 88.9 Å². The summed E-state index contributed by atoms with van der Waals surface area (Å²) in [5.74, 6) is -0.102. The van der Waals surface area contributed by atoms with Gasteiger partial charge in [0.25, 0.3) is 5.91 Å². The van der Waals surface area contributed by atoms with E-state index >= 15 is 0 Å². The van der Waals surface area contributed by atoms with Crippen LogP contribution in [-0.4, -0.2) is 38.6 Å². The van der Waals surface area contributed by atoms with Crippen LogP contribution < -0.4 is 10.2 Å². The van der Waals surface area contributed by atoms with Crippen LogP contribution >= 0.6 is 11.6 Å². The number of carbonyl (C=O) groups excluding carboxylic acids is 2. The molecule has 0 saturated carbocycles. The molecule has 1 aliphatic rings. The summed E-state index contributed by atoms with van der Waals surface area (Å²) in [4.78, 5) is 27.1. The van der Waals surface area contributed by atoms with Crippen molar-refractivity contribution in [2.24, 2.45) is 5.92 Å². The Morgan fingerprint density at radius 3 is 2.36 bits per heavy atom. The van der Waals surface area contributed by atoms with Crippen LogP contribution in [-0.2, 0) is 4.74 Å². The van der Waals surface area contributed by atoms with Crippen molar-refractivity contribution in [1.29, 1.82) is 0 Å². The Kier molecular flexibility index (Phi) is 7.30. The molecule has 6 heteroatoms. The maximum absolute atomic E-state index is 12.7. The summed E-state index contributed by atoms with van der Waals surface area (Å²) in [6.07, 6.45) is 2.04. The summed E-state index contributed by atoms with van der Waals surface area (Å²) in [6, 6.07) is 22.7. The molecule has 3 aromatic carbocycles. The molecule has 3 aromatic rings. The van der Waals surface area contributed by atoms with E-state index in [9.17, 15) is 9.59 Å². The Bertz CT molecular complexity index is 1110. The second-order valence-electron chi connectivity index (χ2n) is 8.26. The van der Waals surface area contributed by atoms with E-state index in [0.717, 1.165) is 42.7 Å². The zero-order valence-electron chi connectivity index (χ0n) is 18.6. The van der Waals surface area contributed by atoms with Gasteiger partial charge in [-0.2, -0.15) is 0 Å². The smallest absolute Gasteiger partial charge is 0.339 e. The second kappa shape index (κ2) is 10.5. The number of methoxy groups -OCH3 is 1. The minimum Gasteiger partial charge on any atom is -0.465 e. The lowest BCUT2D eigenvalue weighted by molar-refractivity contribution is 0.0601. The first-order chi connectivity index (χ1) is 16.0. The van der Waals surface area contributed by atoms with Crippen LogP contribution in [0.4, 0.5) is 5.69 Å². The molecule has 5 nitrogen and oxygen atoms in total. The van der Waals surface area contributed by atoms with Gasteiger partial charge < -0.3 is 15.0 Å². The molecule has 1 fully saturated rings. The largest absolute Gasteiger partial charge is 0.465 e. The van der Waals surface area contributed by atoms with Crippen molar-refractivity contribution in [2.75, 3.05) is 31.6 Å². The van der Waals surface area contributed by atoms with Crippen LogP contribution in [0, 0.1) is 5.92 Å². The highest BCUT2D eigenvalue weighted by Gasteiger charge is 2.24. The predicted octanol–water partition coefficient (Wildman–Crippen LogP) is 5.44. The highest BCUT2D eigenvalue weighted by Crippen LogP contribution is 2.27. The van der Waals surface area contributed by atoms with Crippen LogP contribution in [0.15, 0.2) is 72.8 Å². The molecule has 4 rings (SSSR count). The second-order valence-corrected chi connectivity index (χ2v) is 8.69. The van der Waals surface area contributed by atoms with Crippen molar-refractivity contribution < 1.29 is 14.3 Å². The normalized spacial score (nSPS) is 15.7. The first-order valence-electron chi connectivity index (χ1n) is 11.1. The summed E-state index contributed by atoms with van der Waals surface area (Å²) < 4.78 is 4.94. The lowest BCUT2D eigenvalue weighted by atomic mass is 9.96. The van der Waals surface area contributed by atoms with Crippen molar-refractivity contribution in [3.63, 3.8) is 0 Å². The van der Waals surface area contributed by atoms with Gasteiger partial charge in [0.15, 0.2) is 0 Å². The fourth-order valence-corrected chi connectivity index (χ4v) is 4.40. The predicted molar refractivity (Wildman–Crippen MR) is 132 cm³/mol. The molecule has 0 bridgehead atoms. The van der Waals surface area contributed by atoms with Gasteiger partial charge in [-0.05, 0) is 66.3 Å². The molecule has 170 valence electrons. The molecule has 1 atom stereocenters. The maximum atomic E-state index is 12.7. The number of piperidine rings is 1. The molecule has 33 heavy (non-hydrogen) atoms. The highest BCUT2D eigenvalue weighted by atomic mass is 35.5. The molecule has 0 radical (unpaired) electrons. The third kappa shape index (κ3) is 5.55. The van der Waals surface area contributed by atoms with Gasteiger partial charge in [-0.1, -0.05) is 48.0 Å². The average Bonchev–Trinajstić information content (AvgIpc) is 2.87. The Hall–Kier alpha value is -3.31. The quantitative estimate of drug-likeness (QED) is 0.495. The van der Waals surface area contributed by atoms with Crippen LogP contribution in [0.5, 0.6) is 0 Å². The van der Waals surface area contributed by atoms with E-state index < -0.39 is 0 Å². The molecule has 0 aliphatic carbocycles. The van der Waals surface area contributed by atoms with Crippen LogP contribution in [0.25, 0.3) is 11.1 Å². The summed E-state index contributed by atoms with van der Waals surface area (Å²) in [7, 11) is 1.40. The number of hydrogen-bond donors (Lipinski definition) is 1. The lowest BCUT2D eigenvalue weighted by Gasteiger charge is -2.35. The van der Waals surface area contributed by atoms with Gasteiger partial charge in [-0.3, -0.25) is 4.79 Å². The van der Waals surface area contributed by atoms with Gasteiger partial charge in [0.2, 0.25) is 0 Å². The van der Waals surface area contributed by atoms with Gasteiger partial charge in [0, 0.05) is 30.2 Å². The maximum Gasteiger partial charge on any atom is 0.339 e. The minimum absolute atomic E-state index is 0.0789. The number of carbonyl (C=O) groups is 2. The zero-order valence-corrected chi connectivity index (χ0v) is 19.3. The first kappa shape index (κ1) is 22.9. The number of esters is 1. The van der Waals surface area contributed by atoms with E-state index in [1.165, 1.54) is 7.11 Å². The first-order valence-corrected chi connectivity index (χ1v) is 11.5. The molecular weight excluding hydrogens is 436 g/mol. The van der Waals surface area contributed by atoms with Crippen molar-refractivity contribution in [3.8, 4) is 11.1 Å². The van der Waals surface area contributed by atoms with Gasteiger partial charge >= 0.3 is 5.97 Å². The van der Waals surface area contributed by atoms with Gasteiger partial charge in [0.1, 0.15) is 0 Å². The number of para-hydroxylation sites is 1. The number of halogens is 1. The number of nitrogens with one attached hydrogen (secondary N) is 1. The number of anilines is 1. The average molecular weight is 463 g/mol. The van der Waals surface area contributed by atoms with Crippen LogP contribution in [0.1, 0.15) is 33.6 Å². The molecule has 1 aliphatic heterocycles. The molecule has 0 aromatic heterocycles. The van der Waals surface area contributed by atoms with Gasteiger partial charge in [-0.25, -0.2) is 4.79 Å². The molecule has 1 heterocycles. The number of nitrogens with zero attached hydrogens (tertiary/aromatic N) is 1. The zero-order chi connectivity index (χ0) is 23.2. The standard InChI is InChI=1S/C27H27ClN2O3/c1-33-27(32)24-6-2-3-7-25(24)30-16-4-5-19(18-30)17-29-26(31)22-10-8-20(9-11-22)21-12-14-23(28)15-13-21/h2-3,6-15,19H,4-5,16-18H2,1H3,(H,29,31). The van der Waals surface area contributed by atoms with Crippen molar-refractivity contribution >= 4 is 29.2 Å². The fraction of sp³-hybridized carbons (Fsp3) is 0.259. The van der Waals surface area contributed by atoms with E-state index in [2.05, 4.69) is 10.2 Å². The molecule has 1 amide bonds.